The molecule has 0 amide bonds. The number of para-hydroxylation sites is 2. The van der Waals surface area contributed by atoms with Crippen molar-refractivity contribution in [3.63, 3.8) is 0 Å². The summed E-state index contributed by atoms with van der Waals surface area (Å²) < 4.78 is 4.64. The van der Waals surface area contributed by atoms with Crippen LogP contribution in [-0.4, -0.2) is 19.1 Å². The van der Waals surface area contributed by atoms with E-state index < -0.39 is 0 Å². The molecule has 8 rings (SSSR count). The van der Waals surface area contributed by atoms with E-state index in [4.69, 9.17) is 4.98 Å². The molecule has 0 radical (unpaired) electrons. The van der Waals surface area contributed by atoms with Crippen LogP contribution in [-0.2, 0) is 0 Å². The third kappa shape index (κ3) is 3.04. The third-order valence-electron chi connectivity index (χ3n) is 7.43. The van der Waals surface area contributed by atoms with Crippen LogP contribution in [0.3, 0.4) is 0 Å². The molecule has 0 spiro atoms. The highest BCUT2D eigenvalue weighted by Crippen LogP contribution is 2.37. The molecular weight excluding hydrogens is 464 g/mol. The molecule has 0 atom stereocenters. The first-order chi connectivity index (χ1) is 18.9. The minimum Gasteiger partial charge on any atom is -0.309 e. The van der Waals surface area contributed by atoms with Crippen LogP contribution in [0.25, 0.3) is 66.4 Å². The largest absolute Gasteiger partial charge is 0.309 e. The first-order valence-electron chi connectivity index (χ1n) is 12.8. The molecule has 0 fully saturated rings. The maximum atomic E-state index is 4.71. The molecule has 178 valence electrons. The summed E-state index contributed by atoms with van der Waals surface area (Å²) in [7, 11) is 0. The monoisotopic (exact) mass is 486 g/mol. The van der Waals surface area contributed by atoms with Crippen molar-refractivity contribution in [2.45, 2.75) is 0 Å². The quantitative estimate of drug-likeness (QED) is 0.252. The van der Waals surface area contributed by atoms with Crippen molar-refractivity contribution in [2.24, 2.45) is 0 Å². The Morgan fingerprint density at radius 2 is 1.03 bits per heavy atom. The topological polar surface area (TPSA) is 35.6 Å². The van der Waals surface area contributed by atoms with E-state index in [1.165, 1.54) is 27.1 Å². The molecule has 0 aliphatic rings. The van der Waals surface area contributed by atoms with Crippen molar-refractivity contribution in [1.82, 2.24) is 19.1 Å². The molecule has 4 heterocycles. The second kappa shape index (κ2) is 8.15. The SMILES string of the molecule is c1ccc(-c2ccc3c4ccccc4n(-c4ccc5c6ccccc6n(-c6ccccn6)c5c4)c3c2)nc1. The van der Waals surface area contributed by atoms with Crippen LogP contribution in [0.15, 0.2) is 134 Å². The molecule has 4 heteroatoms. The van der Waals surface area contributed by atoms with Crippen LogP contribution in [0.4, 0.5) is 0 Å². The summed E-state index contributed by atoms with van der Waals surface area (Å²) in [5.74, 6) is 0.913. The predicted octanol–water partition coefficient (Wildman–Crippen LogP) is 8.34. The Hall–Kier alpha value is -5.22. The van der Waals surface area contributed by atoms with Crippen molar-refractivity contribution in [3.05, 3.63) is 134 Å². The predicted molar refractivity (Wildman–Crippen MR) is 156 cm³/mol. The summed E-state index contributed by atoms with van der Waals surface area (Å²) in [6.45, 7) is 0. The molecule has 4 aromatic carbocycles. The molecule has 0 bridgehead atoms. The second-order valence-electron chi connectivity index (χ2n) is 9.54. The van der Waals surface area contributed by atoms with E-state index in [9.17, 15) is 0 Å². The highest BCUT2D eigenvalue weighted by Gasteiger charge is 2.17. The Bertz CT molecular complexity index is 2120. The van der Waals surface area contributed by atoms with Gasteiger partial charge in [-0.1, -0.05) is 66.7 Å². The molecule has 8 aromatic rings. The van der Waals surface area contributed by atoms with Gasteiger partial charge in [-0.25, -0.2) is 4.98 Å². The summed E-state index contributed by atoms with van der Waals surface area (Å²) in [4.78, 5) is 9.31. The van der Waals surface area contributed by atoms with Gasteiger partial charge in [0, 0.05) is 45.2 Å². The number of aromatic nitrogens is 4. The van der Waals surface area contributed by atoms with Crippen LogP contribution < -0.4 is 0 Å². The fraction of sp³-hybridized carbons (Fsp3) is 0. The normalized spacial score (nSPS) is 11.7. The molecule has 38 heavy (non-hydrogen) atoms. The van der Waals surface area contributed by atoms with Gasteiger partial charge in [-0.05, 0) is 54.6 Å². The van der Waals surface area contributed by atoms with Gasteiger partial charge in [0.15, 0.2) is 0 Å². The van der Waals surface area contributed by atoms with Crippen molar-refractivity contribution in [3.8, 4) is 22.8 Å². The van der Waals surface area contributed by atoms with Crippen molar-refractivity contribution >= 4 is 43.6 Å². The van der Waals surface area contributed by atoms with Crippen LogP contribution in [0.1, 0.15) is 0 Å². The number of nitrogens with zero attached hydrogens (tertiary/aromatic N) is 4. The molecule has 0 N–H and O–H groups in total. The first kappa shape index (κ1) is 20.9. The standard InChI is InChI=1S/C34H22N4/c1-3-12-30-25(9-1)27-17-15-23(29-11-5-7-19-35-29)21-32(27)37(30)24-16-18-28-26-10-2-4-13-31(26)38(33(28)22-24)34-14-6-8-20-36-34/h1-22H. The van der Waals surface area contributed by atoms with E-state index in [-0.39, 0.29) is 0 Å². The van der Waals surface area contributed by atoms with Gasteiger partial charge >= 0.3 is 0 Å². The van der Waals surface area contributed by atoms with E-state index in [2.05, 4.69) is 111 Å². The Morgan fingerprint density at radius 1 is 0.421 bits per heavy atom. The molecule has 0 aliphatic carbocycles. The van der Waals surface area contributed by atoms with Gasteiger partial charge in [0.2, 0.25) is 0 Å². The summed E-state index contributed by atoms with van der Waals surface area (Å²) in [6.07, 6.45) is 3.70. The average molecular weight is 487 g/mol. The van der Waals surface area contributed by atoms with Crippen LogP contribution in [0, 0.1) is 0 Å². The molecule has 4 aromatic heterocycles. The van der Waals surface area contributed by atoms with Crippen LogP contribution >= 0.6 is 0 Å². The fourth-order valence-corrected chi connectivity index (χ4v) is 5.77. The van der Waals surface area contributed by atoms with E-state index in [0.717, 1.165) is 39.3 Å². The fourth-order valence-electron chi connectivity index (χ4n) is 5.77. The van der Waals surface area contributed by atoms with E-state index in [0.29, 0.717) is 0 Å². The molecule has 4 nitrogen and oxygen atoms in total. The van der Waals surface area contributed by atoms with Gasteiger partial charge in [0.1, 0.15) is 5.82 Å². The minimum atomic E-state index is 0.913. The highest BCUT2D eigenvalue weighted by atomic mass is 15.1. The number of rotatable bonds is 3. The van der Waals surface area contributed by atoms with Crippen molar-refractivity contribution in [1.29, 1.82) is 0 Å². The molecular formula is C34H22N4. The second-order valence-corrected chi connectivity index (χ2v) is 9.54. The lowest BCUT2D eigenvalue weighted by molar-refractivity contribution is 1.08. The smallest absolute Gasteiger partial charge is 0.137 e. The maximum absolute atomic E-state index is 4.71. The Labute approximate surface area is 219 Å². The van der Waals surface area contributed by atoms with Crippen molar-refractivity contribution < 1.29 is 0 Å². The summed E-state index contributed by atoms with van der Waals surface area (Å²) in [5.41, 5.74) is 7.81. The number of hydrogen-bond acceptors (Lipinski definition) is 2. The van der Waals surface area contributed by atoms with E-state index in [1.54, 1.807) is 0 Å². The van der Waals surface area contributed by atoms with Gasteiger partial charge in [0.25, 0.3) is 0 Å². The van der Waals surface area contributed by atoms with Gasteiger partial charge in [-0.15, -0.1) is 0 Å². The average Bonchev–Trinajstić information content (AvgIpc) is 3.50. The van der Waals surface area contributed by atoms with Gasteiger partial charge in [-0.3, -0.25) is 9.55 Å². The van der Waals surface area contributed by atoms with Crippen LogP contribution in [0.2, 0.25) is 0 Å². The Morgan fingerprint density at radius 3 is 1.74 bits per heavy atom. The first-order valence-corrected chi connectivity index (χ1v) is 12.8. The Kier molecular flexibility index (Phi) is 4.49. The molecule has 0 unspecified atom stereocenters. The summed E-state index contributed by atoms with van der Waals surface area (Å²) in [5, 5.41) is 4.90. The number of fused-ring (bicyclic) bond motifs is 6. The van der Waals surface area contributed by atoms with Gasteiger partial charge in [-0.2, -0.15) is 0 Å². The van der Waals surface area contributed by atoms with E-state index >= 15 is 0 Å². The Balaban J connectivity index is 1.46. The summed E-state index contributed by atoms with van der Waals surface area (Å²) in [6, 6.07) is 42.7. The lowest BCUT2D eigenvalue weighted by atomic mass is 10.1. The zero-order valence-electron chi connectivity index (χ0n) is 20.5. The zero-order valence-corrected chi connectivity index (χ0v) is 20.5. The van der Waals surface area contributed by atoms with Gasteiger partial charge < -0.3 is 4.57 Å². The number of hydrogen-bond donors (Lipinski definition) is 0. The van der Waals surface area contributed by atoms with Crippen LogP contribution in [0.5, 0.6) is 0 Å². The number of pyridine rings is 2. The summed E-state index contributed by atoms with van der Waals surface area (Å²) >= 11 is 0. The maximum Gasteiger partial charge on any atom is 0.137 e. The highest BCUT2D eigenvalue weighted by molar-refractivity contribution is 6.12. The van der Waals surface area contributed by atoms with Crippen molar-refractivity contribution in [2.75, 3.05) is 0 Å². The molecule has 0 saturated heterocycles. The molecule has 0 saturated carbocycles. The van der Waals surface area contributed by atoms with Gasteiger partial charge in [0.05, 0.1) is 27.8 Å². The molecule has 0 aliphatic heterocycles. The third-order valence-corrected chi connectivity index (χ3v) is 7.43. The lowest BCUT2D eigenvalue weighted by Gasteiger charge is -2.11. The minimum absolute atomic E-state index is 0.913. The number of benzene rings is 4. The lowest BCUT2D eigenvalue weighted by Crippen LogP contribution is -1.98. The van der Waals surface area contributed by atoms with E-state index in [1.807, 2.05) is 36.7 Å². The zero-order chi connectivity index (χ0) is 25.1.